The smallest absolute Gasteiger partial charge is 0.0598 e. The summed E-state index contributed by atoms with van der Waals surface area (Å²) in [6.45, 7) is 5.17. The van der Waals surface area contributed by atoms with Crippen LogP contribution < -0.4 is 5.32 Å². The van der Waals surface area contributed by atoms with Crippen LogP contribution in [-0.2, 0) is 0 Å². The van der Waals surface area contributed by atoms with Crippen molar-refractivity contribution in [3.63, 3.8) is 0 Å². The van der Waals surface area contributed by atoms with E-state index >= 15 is 0 Å². The van der Waals surface area contributed by atoms with Crippen LogP contribution in [0.2, 0.25) is 5.02 Å². The molecular formula is C16H21ClN2. The molecule has 1 aromatic rings. The predicted molar refractivity (Wildman–Crippen MR) is 81.3 cm³/mol. The molecule has 2 rings (SSSR count). The summed E-state index contributed by atoms with van der Waals surface area (Å²) in [5.41, 5.74) is 1.29. The molecule has 0 aromatic heterocycles. The van der Waals surface area contributed by atoms with Gasteiger partial charge in [0.2, 0.25) is 0 Å². The van der Waals surface area contributed by atoms with Crippen molar-refractivity contribution in [3.05, 3.63) is 34.9 Å². The number of benzene rings is 1. The van der Waals surface area contributed by atoms with Crippen LogP contribution in [0.4, 0.5) is 0 Å². The molecule has 0 spiro atoms. The van der Waals surface area contributed by atoms with Crippen LogP contribution in [0.5, 0.6) is 0 Å². The van der Waals surface area contributed by atoms with Crippen LogP contribution in [-0.4, -0.2) is 30.6 Å². The fraction of sp³-hybridized carbons (Fsp3) is 0.500. The van der Waals surface area contributed by atoms with Gasteiger partial charge in [-0.05, 0) is 37.5 Å². The van der Waals surface area contributed by atoms with Crippen molar-refractivity contribution in [3.8, 4) is 12.3 Å². The fourth-order valence-corrected chi connectivity index (χ4v) is 2.71. The molecular weight excluding hydrogens is 256 g/mol. The van der Waals surface area contributed by atoms with Crippen LogP contribution in [0.15, 0.2) is 24.3 Å². The lowest BCUT2D eigenvalue weighted by Crippen LogP contribution is -2.43. The Balaban J connectivity index is 1.82. The third-order valence-electron chi connectivity index (χ3n) is 3.76. The summed E-state index contributed by atoms with van der Waals surface area (Å²) in [6.07, 6.45) is 7.68. The van der Waals surface area contributed by atoms with Gasteiger partial charge in [0.15, 0.2) is 0 Å². The molecule has 1 saturated heterocycles. The minimum absolute atomic E-state index is 0.362. The Kier molecular flexibility index (Phi) is 5.27. The first-order valence-electron chi connectivity index (χ1n) is 6.86. The predicted octanol–water partition coefficient (Wildman–Crippen LogP) is 3.09. The van der Waals surface area contributed by atoms with Crippen molar-refractivity contribution in [1.82, 2.24) is 10.2 Å². The molecule has 1 N–H and O–H groups in total. The molecule has 1 aliphatic heterocycles. The molecule has 1 fully saturated rings. The number of hydrogen-bond donors (Lipinski definition) is 1. The van der Waals surface area contributed by atoms with Gasteiger partial charge in [0.25, 0.3) is 0 Å². The van der Waals surface area contributed by atoms with Crippen LogP contribution in [0, 0.1) is 12.3 Å². The van der Waals surface area contributed by atoms with E-state index in [9.17, 15) is 0 Å². The molecule has 0 bridgehead atoms. The van der Waals surface area contributed by atoms with E-state index < -0.39 is 0 Å². The quantitative estimate of drug-likeness (QED) is 0.850. The third kappa shape index (κ3) is 4.24. The molecule has 0 aliphatic carbocycles. The van der Waals surface area contributed by atoms with E-state index in [0.717, 1.165) is 24.7 Å². The van der Waals surface area contributed by atoms with Crippen molar-refractivity contribution < 1.29 is 0 Å². The van der Waals surface area contributed by atoms with Crippen LogP contribution in [0.1, 0.15) is 31.4 Å². The second-order valence-electron chi connectivity index (χ2n) is 5.19. The highest BCUT2D eigenvalue weighted by molar-refractivity contribution is 6.30. The zero-order chi connectivity index (χ0) is 13.7. The SMILES string of the molecule is C#CCN1CCC(N[C@H](C)c2ccc(Cl)cc2)CC1. The summed E-state index contributed by atoms with van der Waals surface area (Å²) in [5, 5.41) is 4.49. The molecule has 2 nitrogen and oxygen atoms in total. The van der Waals surface area contributed by atoms with Gasteiger partial charge in [0.1, 0.15) is 0 Å². The number of likely N-dealkylation sites (tertiary alicyclic amines) is 1. The van der Waals surface area contributed by atoms with E-state index in [2.05, 4.69) is 35.2 Å². The Labute approximate surface area is 121 Å². The highest BCUT2D eigenvalue weighted by Crippen LogP contribution is 2.19. The maximum absolute atomic E-state index is 5.91. The van der Waals surface area contributed by atoms with Crippen molar-refractivity contribution in [2.24, 2.45) is 0 Å². The Morgan fingerprint density at radius 1 is 1.37 bits per heavy atom. The van der Waals surface area contributed by atoms with Gasteiger partial charge in [0, 0.05) is 30.2 Å². The summed E-state index contributed by atoms with van der Waals surface area (Å²) in [5.74, 6) is 2.72. The number of nitrogens with zero attached hydrogens (tertiary/aromatic N) is 1. The highest BCUT2D eigenvalue weighted by atomic mass is 35.5. The second kappa shape index (κ2) is 6.96. The summed E-state index contributed by atoms with van der Waals surface area (Å²) < 4.78 is 0. The first-order chi connectivity index (χ1) is 9.19. The molecule has 0 radical (unpaired) electrons. The minimum Gasteiger partial charge on any atom is -0.307 e. The number of piperidine rings is 1. The minimum atomic E-state index is 0.362. The monoisotopic (exact) mass is 276 g/mol. The lowest BCUT2D eigenvalue weighted by molar-refractivity contribution is 0.211. The number of rotatable bonds is 4. The summed E-state index contributed by atoms with van der Waals surface area (Å²) in [7, 11) is 0. The Morgan fingerprint density at radius 2 is 2.00 bits per heavy atom. The van der Waals surface area contributed by atoms with Gasteiger partial charge >= 0.3 is 0 Å². The third-order valence-corrected chi connectivity index (χ3v) is 4.01. The number of hydrogen-bond acceptors (Lipinski definition) is 2. The second-order valence-corrected chi connectivity index (χ2v) is 5.63. The van der Waals surface area contributed by atoms with Gasteiger partial charge < -0.3 is 5.32 Å². The van der Waals surface area contributed by atoms with Crippen molar-refractivity contribution >= 4 is 11.6 Å². The Bertz CT molecular complexity index is 427. The van der Waals surface area contributed by atoms with Crippen LogP contribution >= 0.6 is 11.6 Å². The Hall–Kier alpha value is -1.01. The van der Waals surface area contributed by atoms with Gasteiger partial charge in [0.05, 0.1) is 6.54 Å². The molecule has 1 aromatic carbocycles. The van der Waals surface area contributed by atoms with E-state index in [1.807, 2.05) is 12.1 Å². The summed E-state index contributed by atoms with van der Waals surface area (Å²) >= 11 is 5.91. The van der Waals surface area contributed by atoms with Crippen molar-refractivity contribution in [2.75, 3.05) is 19.6 Å². The van der Waals surface area contributed by atoms with E-state index in [-0.39, 0.29) is 0 Å². The number of halogens is 1. The molecule has 102 valence electrons. The lowest BCUT2D eigenvalue weighted by Gasteiger charge is -2.33. The molecule has 3 heteroatoms. The van der Waals surface area contributed by atoms with Crippen molar-refractivity contribution in [1.29, 1.82) is 0 Å². The lowest BCUT2D eigenvalue weighted by atomic mass is 10.0. The van der Waals surface area contributed by atoms with Crippen LogP contribution in [0.25, 0.3) is 0 Å². The Morgan fingerprint density at radius 3 is 2.58 bits per heavy atom. The molecule has 1 heterocycles. The summed E-state index contributed by atoms with van der Waals surface area (Å²) in [6, 6.07) is 9.03. The average molecular weight is 277 g/mol. The first kappa shape index (κ1) is 14.4. The summed E-state index contributed by atoms with van der Waals surface area (Å²) in [4.78, 5) is 2.34. The molecule has 1 atom stereocenters. The zero-order valence-electron chi connectivity index (χ0n) is 11.4. The van der Waals surface area contributed by atoms with Crippen LogP contribution in [0.3, 0.4) is 0 Å². The van der Waals surface area contributed by atoms with Gasteiger partial charge in [-0.2, -0.15) is 0 Å². The normalized spacial score (nSPS) is 19.0. The largest absolute Gasteiger partial charge is 0.307 e. The molecule has 0 unspecified atom stereocenters. The van der Waals surface area contributed by atoms with E-state index in [1.54, 1.807) is 0 Å². The average Bonchev–Trinajstić information content (AvgIpc) is 2.42. The number of nitrogens with one attached hydrogen (secondary N) is 1. The van der Waals surface area contributed by atoms with E-state index in [1.165, 1.54) is 18.4 Å². The topological polar surface area (TPSA) is 15.3 Å². The molecule has 0 amide bonds. The van der Waals surface area contributed by atoms with Gasteiger partial charge in [-0.1, -0.05) is 29.7 Å². The molecule has 19 heavy (non-hydrogen) atoms. The van der Waals surface area contributed by atoms with E-state index in [4.69, 9.17) is 18.0 Å². The van der Waals surface area contributed by atoms with E-state index in [0.29, 0.717) is 12.1 Å². The fourth-order valence-electron chi connectivity index (χ4n) is 2.59. The van der Waals surface area contributed by atoms with Crippen molar-refractivity contribution in [2.45, 2.75) is 31.8 Å². The zero-order valence-corrected chi connectivity index (χ0v) is 12.2. The maximum Gasteiger partial charge on any atom is 0.0598 e. The first-order valence-corrected chi connectivity index (χ1v) is 7.24. The standard InChI is InChI=1S/C16H21ClN2/c1-3-10-19-11-8-16(9-12-19)18-13(2)14-4-6-15(17)7-5-14/h1,4-7,13,16,18H,8-12H2,2H3/t13-/m1/s1. The highest BCUT2D eigenvalue weighted by Gasteiger charge is 2.20. The molecule has 0 saturated carbocycles. The van der Waals surface area contributed by atoms with Gasteiger partial charge in [-0.15, -0.1) is 6.42 Å². The van der Waals surface area contributed by atoms with Gasteiger partial charge in [-0.25, -0.2) is 0 Å². The maximum atomic E-state index is 5.91. The molecule has 1 aliphatic rings. The number of terminal acetylenes is 1. The van der Waals surface area contributed by atoms with Gasteiger partial charge in [-0.3, -0.25) is 4.90 Å².